The lowest BCUT2D eigenvalue weighted by atomic mass is 9.95. The zero-order valence-corrected chi connectivity index (χ0v) is 16.0. The predicted molar refractivity (Wildman–Crippen MR) is 102 cm³/mol. The number of likely N-dealkylation sites (tertiary alicyclic amines) is 1. The number of nitrogens with zero attached hydrogens (tertiary/aromatic N) is 1. The summed E-state index contributed by atoms with van der Waals surface area (Å²) >= 11 is 0. The molecular weight excluding hydrogens is 332 g/mol. The Kier molecular flexibility index (Phi) is 7.17. The molecule has 0 saturated carbocycles. The normalized spacial score (nSPS) is 24.5. The number of rotatable bonds is 6. The number of β-amino-alcohol motifs (C(OH)–C–C–N with tert-alkyl or cyclic N) is 1. The van der Waals surface area contributed by atoms with Gasteiger partial charge in [-0.15, -0.1) is 0 Å². The number of nitrogens with one attached hydrogen (secondary N) is 1. The van der Waals surface area contributed by atoms with Gasteiger partial charge in [-0.1, -0.05) is 32.9 Å². The molecule has 6 heteroatoms. The molecule has 146 valence electrons. The molecule has 1 saturated heterocycles. The highest BCUT2D eigenvalue weighted by Gasteiger charge is 2.32. The van der Waals surface area contributed by atoms with Gasteiger partial charge in [0.25, 0.3) is 0 Å². The maximum Gasteiger partial charge on any atom is 0.229 e. The number of anilines is 1. The first-order valence-electron chi connectivity index (χ1n) is 9.32. The van der Waals surface area contributed by atoms with E-state index in [1.807, 2.05) is 49.9 Å². The first kappa shape index (κ1) is 20.8. The number of amides is 1. The minimum Gasteiger partial charge on any atom is -0.395 e. The second kappa shape index (κ2) is 8.95. The van der Waals surface area contributed by atoms with Crippen molar-refractivity contribution in [1.82, 2.24) is 4.90 Å². The Hall–Kier alpha value is -1.47. The van der Waals surface area contributed by atoms with Gasteiger partial charge < -0.3 is 20.6 Å². The van der Waals surface area contributed by atoms with Crippen molar-refractivity contribution in [3.8, 4) is 0 Å². The van der Waals surface area contributed by atoms with E-state index in [4.69, 9.17) is 0 Å². The lowest BCUT2D eigenvalue weighted by Gasteiger charge is -2.39. The molecule has 1 fully saturated rings. The summed E-state index contributed by atoms with van der Waals surface area (Å²) in [6.45, 7) is 6.76. The monoisotopic (exact) mass is 364 g/mol. The van der Waals surface area contributed by atoms with Crippen LogP contribution >= 0.6 is 0 Å². The Labute approximate surface area is 155 Å². The third-order valence-electron chi connectivity index (χ3n) is 4.88. The van der Waals surface area contributed by atoms with Crippen molar-refractivity contribution in [3.05, 3.63) is 29.8 Å². The van der Waals surface area contributed by atoms with E-state index in [2.05, 4.69) is 5.32 Å². The fraction of sp³-hybridized carbons (Fsp3) is 0.650. The first-order chi connectivity index (χ1) is 12.2. The van der Waals surface area contributed by atoms with Crippen LogP contribution in [0.5, 0.6) is 0 Å². The van der Waals surface area contributed by atoms with Crippen LogP contribution in [0.3, 0.4) is 0 Å². The summed E-state index contributed by atoms with van der Waals surface area (Å²) in [5.74, 6) is -0.0127. The van der Waals surface area contributed by atoms with Crippen molar-refractivity contribution in [2.75, 3.05) is 25.0 Å². The van der Waals surface area contributed by atoms with Gasteiger partial charge in [0.15, 0.2) is 0 Å². The molecule has 1 heterocycles. The lowest BCUT2D eigenvalue weighted by molar-refractivity contribution is -0.123. The molecule has 3 unspecified atom stereocenters. The van der Waals surface area contributed by atoms with E-state index in [0.29, 0.717) is 13.0 Å². The van der Waals surface area contributed by atoms with E-state index in [0.717, 1.165) is 30.6 Å². The van der Waals surface area contributed by atoms with Crippen LogP contribution in [0, 0.1) is 5.41 Å². The summed E-state index contributed by atoms with van der Waals surface area (Å²) < 4.78 is 0. The number of hydrogen-bond donors (Lipinski definition) is 4. The molecule has 0 radical (unpaired) electrons. The summed E-state index contributed by atoms with van der Waals surface area (Å²) in [6.07, 6.45) is 0.592. The molecule has 1 amide bonds. The third-order valence-corrected chi connectivity index (χ3v) is 4.88. The van der Waals surface area contributed by atoms with E-state index in [1.165, 1.54) is 0 Å². The number of aliphatic hydroxyl groups excluding tert-OH is 3. The second-order valence-electron chi connectivity index (χ2n) is 8.21. The summed E-state index contributed by atoms with van der Waals surface area (Å²) in [6, 6.07) is 7.74. The van der Waals surface area contributed by atoms with Gasteiger partial charge in [0.2, 0.25) is 5.91 Å². The molecule has 26 heavy (non-hydrogen) atoms. The van der Waals surface area contributed by atoms with Crippen LogP contribution in [-0.4, -0.2) is 64.1 Å². The molecule has 1 aliphatic rings. The van der Waals surface area contributed by atoms with Gasteiger partial charge in [0.1, 0.15) is 0 Å². The van der Waals surface area contributed by atoms with Gasteiger partial charge in [-0.25, -0.2) is 0 Å². The van der Waals surface area contributed by atoms with Crippen LogP contribution in [0.15, 0.2) is 24.3 Å². The molecule has 1 aromatic rings. The summed E-state index contributed by atoms with van der Waals surface area (Å²) in [5.41, 5.74) is 1.50. The Morgan fingerprint density at radius 2 is 2.00 bits per heavy atom. The topological polar surface area (TPSA) is 93.0 Å². The summed E-state index contributed by atoms with van der Waals surface area (Å²) in [7, 11) is 0. The van der Waals surface area contributed by atoms with Crippen molar-refractivity contribution in [2.45, 2.75) is 58.3 Å². The summed E-state index contributed by atoms with van der Waals surface area (Å²) in [5, 5.41) is 32.0. The van der Waals surface area contributed by atoms with Crippen LogP contribution < -0.4 is 5.32 Å². The molecule has 1 aliphatic heterocycles. The average molecular weight is 364 g/mol. The number of aryl methyl sites for hydroxylation is 1. The highest BCUT2D eigenvalue weighted by molar-refractivity contribution is 5.94. The van der Waals surface area contributed by atoms with Crippen molar-refractivity contribution < 1.29 is 20.1 Å². The number of carbonyl (C=O) groups excluding carboxylic acids is 1. The van der Waals surface area contributed by atoms with Crippen LogP contribution in [0.4, 0.5) is 5.69 Å². The zero-order chi connectivity index (χ0) is 19.3. The van der Waals surface area contributed by atoms with Crippen LogP contribution in [0.1, 0.15) is 39.2 Å². The van der Waals surface area contributed by atoms with Gasteiger partial charge >= 0.3 is 0 Å². The number of piperidine rings is 1. The Morgan fingerprint density at radius 1 is 1.27 bits per heavy atom. The quantitative estimate of drug-likeness (QED) is 0.612. The van der Waals surface area contributed by atoms with Gasteiger partial charge in [-0.3, -0.25) is 9.69 Å². The third kappa shape index (κ3) is 5.77. The van der Waals surface area contributed by atoms with Crippen LogP contribution in [-0.2, 0) is 11.2 Å². The smallest absolute Gasteiger partial charge is 0.229 e. The summed E-state index contributed by atoms with van der Waals surface area (Å²) in [4.78, 5) is 14.2. The Balaban J connectivity index is 1.87. The molecule has 0 bridgehead atoms. The van der Waals surface area contributed by atoms with E-state index >= 15 is 0 Å². The molecule has 0 aromatic heterocycles. The highest BCUT2D eigenvalue weighted by atomic mass is 16.3. The molecular formula is C20H32N2O4. The van der Waals surface area contributed by atoms with E-state index in [1.54, 1.807) is 0 Å². The molecule has 1 aromatic carbocycles. The van der Waals surface area contributed by atoms with E-state index in [-0.39, 0.29) is 18.6 Å². The predicted octanol–water partition coefficient (Wildman–Crippen LogP) is 1.39. The maximum absolute atomic E-state index is 12.1. The molecule has 3 atom stereocenters. The SMILES string of the molecule is CC(C)(C)C(=O)Nc1cccc(CCCN2CC(O)C(O)CC2CO)c1. The number of carbonyl (C=O) groups is 1. The van der Waals surface area contributed by atoms with Crippen LogP contribution in [0.2, 0.25) is 0 Å². The molecule has 4 N–H and O–H groups in total. The van der Waals surface area contributed by atoms with Crippen molar-refractivity contribution in [2.24, 2.45) is 5.41 Å². The van der Waals surface area contributed by atoms with Gasteiger partial charge in [-0.05, 0) is 43.5 Å². The fourth-order valence-corrected chi connectivity index (χ4v) is 3.17. The second-order valence-corrected chi connectivity index (χ2v) is 8.21. The zero-order valence-electron chi connectivity index (χ0n) is 16.0. The average Bonchev–Trinajstić information content (AvgIpc) is 2.57. The minimum atomic E-state index is -0.758. The van der Waals surface area contributed by atoms with Gasteiger partial charge in [-0.2, -0.15) is 0 Å². The van der Waals surface area contributed by atoms with E-state index < -0.39 is 17.6 Å². The lowest BCUT2D eigenvalue weighted by Crippen LogP contribution is -2.53. The Bertz CT molecular complexity index is 600. The molecule has 2 rings (SSSR count). The van der Waals surface area contributed by atoms with E-state index in [9.17, 15) is 20.1 Å². The Morgan fingerprint density at radius 3 is 2.65 bits per heavy atom. The molecule has 0 spiro atoms. The number of benzene rings is 1. The fourth-order valence-electron chi connectivity index (χ4n) is 3.17. The molecule has 6 nitrogen and oxygen atoms in total. The molecule has 0 aliphatic carbocycles. The van der Waals surface area contributed by atoms with Crippen molar-refractivity contribution in [1.29, 1.82) is 0 Å². The number of hydrogen-bond acceptors (Lipinski definition) is 5. The van der Waals surface area contributed by atoms with Crippen molar-refractivity contribution in [3.63, 3.8) is 0 Å². The largest absolute Gasteiger partial charge is 0.395 e. The highest BCUT2D eigenvalue weighted by Crippen LogP contribution is 2.20. The van der Waals surface area contributed by atoms with Crippen molar-refractivity contribution >= 4 is 11.6 Å². The van der Waals surface area contributed by atoms with Crippen LogP contribution in [0.25, 0.3) is 0 Å². The minimum absolute atomic E-state index is 0.0127. The number of aliphatic hydroxyl groups is 3. The first-order valence-corrected chi connectivity index (χ1v) is 9.32. The standard InChI is InChI=1S/C20H32N2O4/c1-20(2,3)19(26)21-15-8-4-6-14(10-15)7-5-9-22-12-18(25)17(24)11-16(22)13-23/h4,6,8,10,16-18,23-25H,5,7,9,11-13H2,1-3H3,(H,21,26). The van der Waals surface area contributed by atoms with Gasteiger partial charge in [0.05, 0.1) is 18.8 Å². The van der Waals surface area contributed by atoms with Gasteiger partial charge in [0, 0.05) is 23.7 Å². The maximum atomic E-state index is 12.1.